The number of amides is 1. The van der Waals surface area contributed by atoms with Gasteiger partial charge in [0.25, 0.3) is 5.91 Å². The summed E-state index contributed by atoms with van der Waals surface area (Å²) in [6, 6.07) is 3.47. The number of carbonyl (C=O) groups is 1. The second-order valence-electron chi connectivity index (χ2n) is 7.18. The minimum absolute atomic E-state index is 0.0306. The van der Waals surface area contributed by atoms with E-state index in [0.717, 1.165) is 39.0 Å². The Bertz CT molecular complexity index is 666. The summed E-state index contributed by atoms with van der Waals surface area (Å²) < 4.78 is 21.1. The molecule has 1 aromatic rings. The number of halogens is 1. The predicted octanol–water partition coefficient (Wildman–Crippen LogP) is 3.01. The maximum Gasteiger partial charge on any atom is 0.257 e. The maximum atomic E-state index is 13.4. The quantitative estimate of drug-likeness (QED) is 0.581. The van der Waals surface area contributed by atoms with Gasteiger partial charge in [-0.15, -0.1) is 0 Å². The number of nitrogens with zero attached hydrogens (tertiary/aromatic N) is 2. The number of hydrogen-bond donors (Lipinski definition) is 0. The molecule has 28 heavy (non-hydrogen) atoms. The van der Waals surface area contributed by atoms with E-state index in [4.69, 9.17) is 30.5 Å². The van der Waals surface area contributed by atoms with Crippen LogP contribution in [0.2, 0.25) is 5.02 Å². The van der Waals surface area contributed by atoms with Crippen LogP contribution in [-0.4, -0.2) is 75.7 Å². The number of benzene rings is 1. The van der Waals surface area contributed by atoms with Crippen LogP contribution in [0.1, 0.15) is 36.0 Å². The van der Waals surface area contributed by atoms with Crippen LogP contribution < -0.4 is 9.47 Å². The minimum Gasteiger partial charge on any atom is -0.467 e. The standard InChI is InChI=1S/C20H29ClN2O5/c1-25-13-27-18-11-19(28-14-26-2)17(21)10-16(18)20(24)23-9-5-6-15(23)12-22-7-3-4-8-22/h10-11,15H,3-9,12-14H2,1-2H3/t15-/m1/s1. The van der Waals surface area contributed by atoms with Crippen molar-refractivity contribution in [1.29, 1.82) is 0 Å². The lowest BCUT2D eigenvalue weighted by Gasteiger charge is -2.29. The molecule has 1 amide bonds. The van der Waals surface area contributed by atoms with E-state index in [1.54, 1.807) is 12.1 Å². The summed E-state index contributed by atoms with van der Waals surface area (Å²) in [4.78, 5) is 17.8. The number of likely N-dealkylation sites (tertiary alicyclic amines) is 2. The molecule has 0 saturated carbocycles. The fourth-order valence-corrected chi connectivity index (χ4v) is 4.11. The maximum absolute atomic E-state index is 13.4. The highest BCUT2D eigenvalue weighted by Crippen LogP contribution is 2.35. The van der Waals surface area contributed by atoms with Crippen molar-refractivity contribution in [2.24, 2.45) is 0 Å². The molecule has 0 aromatic heterocycles. The van der Waals surface area contributed by atoms with Crippen LogP contribution in [0.25, 0.3) is 0 Å². The van der Waals surface area contributed by atoms with Crippen LogP contribution in [0.15, 0.2) is 12.1 Å². The normalized spacial score (nSPS) is 20.0. The topological polar surface area (TPSA) is 60.5 Å². The molecule has 1 aromatic carbocycles. The van der Waals surface area contributed by atoms with Gasteiger partial charge in [-0.3, -0.25) is 4.79 Å². The van der Waals surface area contributed by atoms with Crippen molar-refractivity contribution in [3.63, 3.8) is 0 Å². The number of ether oxygens (including phenoxy) is 4. The molecule has 2 aliphatic heterocycles. The Kier molecular flexibility index (Phi) is 7.79. The largest absolute Gasteiger partial charge is 0.467 e. The highest BCUT2D eigenvalue weighted by Gasteiger charge is 2.33. The van der Waals surface area contributed by atoms with Crippen molar-refractivity contribution < 1.29 is 23.7 Å². The lowest BCUT2D eigenvalue weighted by atomic mass is 10.1. The lowest BCUT2D eigenvalue weighted by Crippen LogP contribution is -2.42. The lowest BCUT2D eigenvalue weighted by molar-refractivity contribution is 0.0447. The summed E-state index contributed by atoms with van der Waals surface area (Å²) in [7, 11) is 3.06. The Hall–Kier alpha value is -1.54. The van der Waals surface area contributed by atoms with Crippen LogP contribution in [0, 0.1) is 0 Å². The van der Waals surface area contributed by atoms with Crippen LogP contribution in [-0.2, 0) is 9.47 Å². The average molecular weight is 413 g/mol. The molecule has 2 fully saturated rings. The summed E-state index contributed by atoms with van der Waals surface area (Å²) in [5.41, 5.74) is 0.431. The Morgan fingerprint density at radius 3 is 2.39 bits per heavy atom. The predicted molar refractivity (Wildman–Crippen MR) is 106 cm³/mol. The highest BCUT2D eigenvalue weighted by atomic mass is 35.5. The summed E-state index contributed by atoms with van der Waals surface area (Å²) in [5.74, 6) is 0.739. The molecule has 156 valence electrons. The fourth-order valence-electron chi connectivity index (χ4n) is 3.89. The Labute approximate surface area is 171 Å². The first-order chi connectivity index (χ1) is 13.6. The van der Waals surface area contributed by atoms with Crippen LogP contribution in [0.3, 0.4) is 0 Å². The molecule has 0 unspecified atom stereocenters. The van der Waals surface area contributed by atoms with E-state index >= 15 is 0 Å². The highest BCUT2D eigenvalue weighted by molar-refractivity contribution is 6.32. The molecule has 0 spiro atoms. The molecule has 2 aliphatic rings. The van der Waals surface area contributed by atoms with Gasteiger partial charge in [0.05, 0.1) is 10.6 Å². The van der Waals surface area contributed by atoms with Crippen molar-refractivity contribution in [1.82, 2.24) is 9.80 Å². The first-order valence-corrected chi connectivity index (χ1v) is 10.1. The zero-order chi connectivity index (χ0) is 19.9. The molecule has 3 rings (SSSR count). The average Bonchev–Trinajstić information content (AvgIpc) is 3.37. The van der Waals surface area contributed by atoms with Gasteiger partial charge >= 0.3 is 0 Å². The first-order valence-electron chi connectivity index (χ1n) is 9.74. The van der Waals surface area contributed by atoms with Crippen molar-refractivity contribution in [2.45, 2.75) is 31.7 Å². The number of hydrogen-bond acceptors (Lipinski definition) is 6. The zero-order valence-electron chi connectivity index (χ0n) is 16.6. The van der Waals surface area contributed by atoms with E-state index in [-0.39, 0.29) is 25.5 Å². The van der Waals surface area contributed by atoms with Gasteiger partial charge in [0.1, 0.15) is 11.5 Å². The van der Waals surface area contributed by atoms with Crippen molar-refractivity contribution in [3.05, 3.63) is 22.7 Å². The first kappa shape index (κ1) is 21.2. The summed E-state index contributed by atoms with van der Waals surface area (Å²) in [5, 5.41) is 0.348. The van der Waals surface area contributed by atoms with Crippen LogP contribution >= 0.6 is 11.6 Å². The summed E-state index contributed by atoms with van der Waals surface area (Å²) in [6.07, 6.45) is 4.53. The third kappa shape index (κ3) is 5.08. The number of carbonyl (C=O) groups excluding carboxylic acids is 1. The molecule has 0 N–H and O–H groups in total. The van der Waals surface area contributed by atoms with E-state index < -0.39 is 0 Å². The van der Waals surface area contributed by atoms with Gasteiger partial charge in [-0.05, 0) is 44.8 Å². The van der Waals surface area contributed by atoms with Crippen LogP contribution in [0.4, 0.5) is 0 Å². The Morgan fingerprint density at radius 1 is 1.04 bits per heavy atom. The third-order valence-electron chi connectivity index (χ3n) is 5.23. The Morgan fingerprint density at radius 2 is 1.71 bits per heavy atom. The third-order valence-corrected chi connectivity index (χ3v) is 5.53. The molecule has 2 heterocycles. The van der Waals surface area contributed by atoms with Gasteiger partial charge in [-0.25, -0.2) is 0 Å². The SMILES string of the molecule is COCOc1cc(OCOC)c(C(=O)N2CCC[C@@H]2CN2CCCC2)cc1Cl. The van der Waals surface area contributed by atoms with Gasteiger partial charge in [0, 0.05) is 39.4 Å². The number of methoxy groups -OCH3 is 2. The molecule has 8 heteroatoms. The molecular formula is C20H29ClN2O5. The fraction of sp³-hybridized carbons (Fsp3) is 0.650. The van der Waals surface area contributed by atoms with Crippen molar-refractivity contribution >= 4 is 17.5 Å². The second kappa shape index (κ2) is 10.3. The molecule has 0 radical (unpaired) electrons. The van der Waals surface area contributed by atoms with Crippen molar-refractivity contribution in [2.75, 3.05) is 54.0 Å². The molecular weight excluding hydrogens is 384 g/mol. The Balaban J connectivity index is 1.80. The minimum atomic E-state index is -0.0620. The van der Waals surface area contributed by atoms with Gasteiger partial charge in [-0.1, -0.05) is 11.6 Å². The van der Waals surface area contributed by atoms with Crippen LogP contribution in [0.5, 0.6) is 11.5 Å². The van der Waals surface area contributed by atoms with Crippen molar-refractivity contribution in [3.8, 4) is 11.5 Å². The van der Waals surface area contributed by atoms with Gasteiger partial charge < -0.3 is 28.7 Å². The molecule has 0 bridgehead atoms. The zero-order valence-corrected chi connectivity index (χ0v) is 17.4. The van der Waals surface area contributed by atoms with E-state index in [9.17, 15) is 4.79 Å². The monoisotopic (exact) mass is 412 g/mol. The van der Waals surface area contributed by atoms with E-state index in [1.165, 1.54) is 27.1 Å². The second-order valence-corrected chi connectivity index (χ2v) is 7.59. The van der Waals surface area contributed by atoms with E-state index in [0.29, 0.717) is 22.1 Å². The van der Waals surface area contributed by atoms with E-state index in [2.05, 4.69) is 4.90 Å². The molecule has 2 saturated heterocycles. The molecule has 7 nitrogen and oxygen atoms in total. The van der Waals surface area contributed by atoms with Gasteiger partial charge in [-0.2, -0.15) is 0 Å². The summed E-state index contributed by atoms with van der Waals surface area (Å²) >= 11 is 6.35. The molecule has 1 atom stereocenters. The molecule has 0 aliphatic carbocycles. The smallest absolute Gasteiger partial charge is 0.257 e. The van der Waals surface area contributed by atoms with Gasteiger partial charge in [0.2, 0.25) is 0 Å². The summed E-state index contributed by atoms with van der Waals surface area (Å²) in [6.45, 7) is 4.02. The number of rotatable bonds is 9. The van der Waals surface area contributed by atoms with E-state index in [1.807, 2.05) is 4.90 Å². The van der Waals surface area contributed by atoms with Gasteiger partial charge in [0.15, 0.2) is 13.6 Å².